The van der Waals surface area contributed by atoms with E-state index in [1.54, 1.807) is 0 Å². The maximum atomic E-state index is 5.27. The van der Waals surface area contributed by atoms with Gasteiger partial charge in [-0.1, -0.05) is 6.58 Å². The van der Waals surface area contributed by atoms with Crippen LogP contribution in [-0.2, 0) is 4.74 Å². The van der Waals surface area contributed by atoms with Crippen molar-refractivity contribution in [3.8, 4) is 0 Å². The van der Waals surface area contributed by atoms with Gasteiger partial charge in [-0.05, 0) is 19.4 Å². The molecule has 0 aromatic heterocycles. The van der Waals surface area contributed by atoms with Gasteiger partial charge in [0.25, 0.3) is 0 Å². The summed E-state index contributed by atoms with van der Waals surface area (Å²) < 4.78 is 4.93. The van der Waals surface area contributed by atoms with Crippen LogP contribution in [0.5, 0.6) is 0 Å². The molecule has 0 aromatic carbocycles. The average Bonchev–Trinajstić information content (AvgIpc) is 1.61. The molecule has 0 saturated heterocycles. The summed E-state index contributed by atoms with van der Waals surface area (Å²) in [6.45, 7) is 10.4. The SMILES string of the molecule is [CH]=C(C)COCC. The highest BCUT2D eigenvalue weighted by molar-refractivity contribution is 4.83. The summed E-state index contributed by atoms with van der Waals surface area (Å²) in [6.07, 6.45) is 0. The first-order chi connectivity index (χ1) is 3.27. The fraction of sp³-hybridized carbons (Fsp3) is 0.667. The topological polar surface area (TPSA) is 9.23 Å². The molecule has 0 spiro atoms. The molecule has 0 fully saturated rings. The number of hydrogen-bond acceptors (Lipinski definition) is 1. The Morgan fingerprint density at radius 2 is 2.29 bits per heavy atom. The van der Waals surface area contributed by atoms with E-state index in [2.05, 4.69) is 0 Å². The summed E-state index contributed by atoms with van der Waals surface area (Å²) in [5, 5.41) is 0. The fourth-order valence-corrected chi connectivity index (χ4v) is 0.263. The molecule has 0 aliphatic rings. The molecule has 0 aliphatic carbocycles. The van der Waals surface area contributed by atoms with E-state index in [0.717, 1.165) is 12.2 Å². The van der Waals surface area contributed by atoms with Gasteiger partial charge in [-0.3, -0.25) is 0 Å². The van der Waals surface area contributed by atoms with Crippen LogP contribution in [0, 0.1) is 6.58 Å². The largest absolute Gasteiger partial charge is 0.377 e. The molecule has 1 heteroatoms. The van der Waals surface area contributed by atoms with Gasteiger partial charge in [-0.15, -0.1) is 0 Å². The summed E-state index contributed by atoms with van der Waals surface area (Å²) in [5.74, 6) is 0. The Labute approximate surface area is 45.0 Å². The first kappa shape index (κ1) is 6.70. The monoisotopic (exact) mass is 99.1 g/mol. The first-order valence-electron chi connectivity index (χ1n) is 2.43. The third-order valence-electron chi connectivity index (χ3n) is 0.534. The Morgan fingerprint density at radius 3 is 2.43 bits per heavy atom. The van der Waals surface area contributed by atoms with Crippen molar-refractivity contribution in [1.82, 2.24) is 0 Å². The van der Waals surface area contributed by atoms with Crippen molar-refractivity contribution in [2.24, 2.45) is 0 Å². The predicted octanol–water partition coefficient (Wildman–Crippen LogP) is 1.40. The summed E-state index contributed by atoms with van der Waals surface area (Å²) >= 11 is 0. The van der Waals surface area contributed by atoms with E-state index in [0.29, 0.717) is 6.61 Å². The van der Waals surface area contributed by atoms with Crippen molar-refractivity contribution < 1.29 is 4.74 Å². The molecule has 0 heterocycles. The number of rotatable bonds is 3. The fourth-order valence-electron chi connectivity index (χ4n) is 0.263. The zero-order chi connectivity index (χ0) is 5.70. The van der Waals surface area contributed by atoms with Crippen molar-refractivity contribution in [2.75, 3.05) is 13.2 Å². The van der Waals surface area contributed by atoms with Gasteiger partial charge in [0.2, 0.25) is 0 Å². The van der Waals surface area contributed by atoms with E-state index in [4.69, 9.17) is 11.3 Å². The molecule has 7 heavy (non-hydrogen) atoms. The second-order valence-electron chi connectivity index (χ2n) is 1.48. The minimum atomic E-state index is 0.594. The predicted molar refractivity (Wildman–Crippen MR) is 30.0 cm³/mol. The molecule has 1 nitrogen and oxygen atoms in total. The molecule has 0 saturated carbocycles. The van der Waals surface area contributed by atoms with Gasteiger partial charge in [-0.2, -0.15) is 0 Å². The van der Waals surface area contributed by atoms with Crippen LogP contribution < -0.4 is 0 Å². The molecule has 0 aromatic rings. The summed E-state index contributed by atoms with van der Waals surface area (Å²) in [6, 6.07) is 0. The van der Waals surface area contributed by atoms with Gasteiger partial charge in [0.1, 0.15) is 0 Å². The van der Waals surface area contributed by atoms with E-state index in [-0.39, 0.29) is 0 Å². The Bertz CT molecular complexity index is 57.2. The molecule has 0 N–H and O–H groups in total. The first-order valence-corrected chi connectivity index (χ1v) is 2.43. The van der Waals surface area contributed by atoms with Crippen LogP contribution in [0.2, 0.25) is 0 Å². The Balaban J connectivity index is 2.82. The third kappa shape index (κ3) is 5.70. The summed E-state index contributed by atoms with van der Waals surface area (Å²) in [4.78, 5) is 0. The third-order valence-corrected chi connectivity index (χ3v) is 0.534. The van der Waals surface area contributed by atoms with Gasteiger partial charge in [-0.25, -0.2) is 0 Å². The van der Waals surface area contributed by atoms with Crippen LogP contribution in [0.3, 0.4) is 0 Å². The quantitative estimate of drug-likeness (QED) is 0.519. The van der Waals surface area contributed by atoms with Crippen molar-refractivity contribution in [2.45, 2.75) is 13.8 Å². The highest BCUT2D eigenvalue weighted by Crippen LogP contribution is 1.85. The number of ether oxygens (including phenoxy) is 1. The molecule has 0 atom stereocenters. The van der Waals surface area contributed by atoms with Crippen LogP contribution >= 0.6 is 0 Å². The zero-order valence-corrected chi connectivity index (χ0v) is 4.90. The lowest BCUT2D eigenvalue weighted by molar-refractivity contribution is 0.171. The normalized spacial score (nSPS) is 8.86. The van der Waals surface area contributed by atoms with Crippen LogP contribution in [0.15, 0.2) is 5.57 Å². The van der Waals surface area contributed by atoms with E-state index >= 15 is 0 Å². The lowest BCUT2D eigenvalue weighted by Gasteiger charge is -1.95. The molecular weight excluding hydrogens is 88.1 g/mol. The van der Waals surface area contributed by atoms with E-state index < -0.39 is 0 Å². The van der Waals surface area contributed by atoms with Gasteiger partial charge in [0.05, 0.1) is 6.61 Å². The molecule has 0 unspecified atom stereocenters. The van der Waals surface area contributed by atoms with Gasteiger partial charge >= 0.3 is 0 Å². The molecule has 41 valence electrons. The second-order valence-corrected chi connectivity index (χ2v) is 1.48. The van der Waals surface area contributed by atoms with Crippen molar-refractivity contribution in [3.63, 3.8) is 0 Å². The van der Waals surface area contributed by atoms with E-state index in [1.807, 2.05) is 13.8 Å². The van der Waals surface area contributed by atoms with Crippen LogP contribution in [0.4, 0.5) is 0 Å². The summed E-state index contributed by atoms with van der Waals surface area (Å²) in [7, 11) is 0. The van der Waals surface area contributed by atoms with E-state index in [9.17, 15) is 0 Å². The molecule has 0 amide bonds. The highest BCUT2D eigenvalue weighted by Gasteiger charge is 1.79. The Morgan fingerprint density at radius 1 is 1.71 bits per heavy atom. The summed E-state index contributed by atoms with van der Waals surface area (Å²) in [5.41, 5.74) is 0.835. The Kier molecular flexibility index (Phi) is 3.71. The maximum absolute atomic E-state index is 5.27. The minimum Gasteiger partial charge on any atom is -0.377 e. The van der Waals surface area contributed by atoms with Gasteiger partial charge in [0.15, 0.2) is 0 Å². The molecular formula is C6H11O. The van der Waals surface area contributed by atoms with E-state index in [1.165, 1.54) is 0 Å². The maximum Gasteiger partial charge on any atom is 0.0676 e. The zero-order valence-electron chi connectivity index (χ0n) is 4.90. The minimum absolute atomic E-state index is 0.594. The van der Waals surface area contributed by atoms with Crippen molar-refractivity contribution >= 4 is 0 Å². The van der Waals surface area contributed by atoms with Crippen LogP contribution in [0.1, 0.15) is 13.8 Å². The molecule has 0 bridgehead atoms. The number of hydrogen-bond donors (Lipinski definition) is 0. The molecule has 1 radical (unpaired) electrons. The van der Waals surface area contributed by atoms with Crippen molar-refractivity contribution in [3.05, 3.63) is 12.2 Å². The lowest BCUT2D eigenvalue weighted by Crippen LogP contribution is -1.92. The molecule has 0 aliphatic heterocycles. The second kappa shape index (κ2) is 3.88. The van der Waals surface area contributed by atoms with Crippen LogP contribution in [0.25, 0.3) is 0 Å². The smallest absolute Gasteiger partial charge is 0.0676 e. The van der Waals surface area contributed by atoms with Gasteiger partial charge in [0, 0.05) is 6.61 Å². The average molecular weight is 99.2 g/mol. The molecule has 0 rings (SSSR count). The lowest BCUT2D eigenvalue weighted by atomic mass is 10.4. The van der Waals surface area contributed by atoms with Crippen molar-refractivity contribution in [1.29, 1.82) is 0 Å². The van der Waals surface area contributed by atoms with Crippen LogP contribution in [-0.4, -0.2) is 13.2 Å². The highest BCUT2D eigenvalue weighted by atomic mass is 16.5. The Hall–Kier alpha value is -0.300. The van der Waals surface area contributed by atoms with Gasteiger partial charge < -0.3 is 4.74 Å². The standard InChI is InChI=1S/C6H11O/c1-4-7-5-6(2)3/h2H,4-5H2,1,3H3.